The van der Waals surface area contributed by atoms with Crippen molar-refractivity contribution in [1.82, 2.24) is 0 Å². The van der Waals surface area contributed by atoms with Crippen LogP contribution in [-0.2, 0) is 0 Å². The van der Waals surface area contributed by atoms with Gasteiger partial charge in [-0.05, 0) is 6.92 Å². The molecule has 10 heteroatoms. The molecule has 1 aromatic carbocycles. The van der Waals surface area contributed by atoms with Gasteiger partial charge < -0.3 is 10.2 Å². The van der Waals surface area contributed by atoms with Crippen molar-refractivity contribution in [3.63, 3.8) is 0 Å². The first-order valence-corrected chi connectivity index (χ1v) is 5.63. The Bertz CT molecular complexity index is 592. The highest BCUT2D eigenvalue weighted by Crippen LogP contribution is 2.41. The van der Waals surface area contributed by atoms with Crippen molar-refractivity contribution in [1.29, 1.82) is 5.26 Å². The Balaban J connectivity index is 3.60. The van der Waals surface area contributed by atoms with Crippen molar-refractivity contribution in [2.24, 2.45) is 5.92 Å². The molecule has 0 bridgehead atoms. The molecule has 0 aliphatic carbocycles. The summed E-state index contributed by atoms with van der Waals surface area (Å²) in [7, 11) is 0. The van der Waals surface area contributed by atoms with Crippen LogP contribution in [0.5, 0.6) is 0 Å². The lowest BCUT2D eigenvalue weighted by Gasteiger charge is -2.28. The van der Waals surface area contributed by atoms with Crippen LogP contribution in [0.1, 0.15) is 24.2 Å². The van der Waals surface area contributed by atoms with E-state index in [-0.39, 0.29) is 0 Å². The molecule has 2 N–H and O–H groups in total. The molecule has 122 valence electrons. The van der Waals surface area contributed by atoms with Gasteiger partial charge in [0.2, 0.25) is 0 Å². The van der Waals surface area contributed by atoms with E-state index in [1.807, 2.05) is 0 Å². The van der Waals surface area contributed by atoms with Crippen LogP contribution in [0, 0.1) is 40.5 Å². The average Bonchev–Trinajstić information content (AvgIpc) is 2.35. The molecule has 0 radical (unpaired) electrons. The summed E-state index contributed by atoms with van der Waals surface area (Å²) >= 11 is 0. The summed E-state index contributed by atoms with van der Waals surface area (Å²) in [6.45, 7) is 0.577. The van der Waals surface area contributed by atoms with Gasteiger partial charge in [0.05, 0.1) is 17.8 Å². The molecule has 0 fully saturated rings. The molecule has 0 aliphatic rings. The second-order valence-corrected chi connectivity index (χ2v) is 4.41. The zero-order chi connectivity index (χ0) is 17.4. The van der Waals surface area contributed by atoms with Crippen molar-refractivity contribution >= 4 is 0 Å². The Morgan fingerprint density at radius 3 is 1.64 bits per heavy atom. The lowest BCUT2D eigenvalue weighted by atomic mass is 9.89. The molecule has 0 amide bonds. The minimum atomic E-state index is -5.31. The molecule has 22 heavy (non-hydrogen) atoms. The zero-order valence-corrected chi connectivity index (χ0v) is 10.7. The number of nitrogens with zero attached hydrogens (tertiary/aromatic N) is 1. The van der Waals surface area contributed by atoms with Crippen LogP contribution in [-0.4, -0.2) is 22.5 Å². The standard InChI is InChI=1S/C12H8F7NO2/c1-3(21)6(12(17,18)19)11(22)5-9(15)7(13)4(2-20)8(14)10(5)16/h3,6,11,21-22H,1H3. The first-order valence-electron chi connectivity index (χ1n) is 5.63. The average molecular weight is 331 g/mol. The van der Waals surface area contributed by atoms with Gasteiger partial charge in [0, 0.05) is 0 Å². The van der Waals surface area contributed by atoms with Gasteiger partial charge in [0.15, 0.2) is 23.3 Å². The number of aliphatic hydroxyl groups excluding tert-OH is 2. The first-order chi connectivity index (χ1) is 9.95. The Morgan fingerprint density at radius 2 is 1.36 bits per heavy atom. The number of halogens is 7. The monoisotopic (exact) mass is 331 g/mol. The quantitative estimate of drug-likeness (QED) is 0.661. The van der Waals surface area contributed by atoms with E-state index in [2.05, 4.69) is 0 Å². The summed E-state index contributed by atoms with van der Waals surface area (Å²) in [5.74, 6) is -12.2. The molecule has 3 atom stereocenters. The van der Waals surface area contributed by atoms with Gasteiger partial charge in [-0.2, -0.15) is 18.4 Å². The second kappa shape index (κ2) is 6.10. The number of aliphatic hydroxyl groups is 2. The highest BCUT2D eigenvalue weighted by molar-refractivity contribution is 5.38. The predicted octanol–water partition coefficient (Wildman–Crippen LogP) is 2.71. The minimum Gasteiger partial charge on any atom is -0.393 e. The van der Waals surface area contributed by atoms with E-state index in [0.29, 0.717) is 6.92 Å². The summed E-state index contributed by atoms with van der Waals surface area (Å²) in [5.41, 5.74) is -3.62. The van der Waals surface area contributed by atoms with E-state index in [9.17, 15) is 35.8 Å². The first kappa shape index (κ1) is 18.2. The van der Waals surface area contributed by atoms with Gasteiger partial charge in [-0.15, -0.1) is 0 Å². The lowest BCUT2D eigenvalue weighted by Crippen LogP contribution is -2.38. The van der Waals surface area contributed by atoms with Crippen molar-refractivity contribution < 1.29 is 40.9 Å². The van der Waals surface area contributed by atoms with Crippen LogP contribution in [0.4, 0.5) is 30.7 Å². The third-order valence-corrected chi connectivity index (χ3v) is 2.94. The normalized spacial score (nSPS) is 16.0. The zero-order valence-electron chi connectivity index (χ0n) is 10.7. The summed E-state index contributed by atoms with van der Waals surface area (Å²) in [6.07, 6.45) is -10.7. The molecule has 3 unspecified atom stereocenters. The Labute approximate surface area is 119 Å². The van der Waals surface area contributed by atoms with Crippen LogP contribution in [0.25, 0.3) is 0 Å². The molecule has 0 saturated carbocycles. The van der Waals surface area contributed by atoms with Crippen LogP contribution < -0.4 is 0 Å². The third kappa shape index (κ3) is 3.00. The minimum absolute atomic E-state index is 0.577. The van der Waals surface area contributed by atoms with Crippen LogP contribution in [0.2, 0.25) is 0 Å². The van der Waals surface area contributed by atoms with Gasteiger partial charge in [-0.3, -0.25) is 0 Å². The van der Waals surface area contributed by atoms with E-state index >= 15 is 0 Å². The molecule has 0 aliphatic heterocycles. The Morgan fingerprint density at radius 1 is 0.955 bits per heavy atom. The third-order valence-electron chi connectivity index (χ3n) is 2.94. The van der Waals surface area contributed by atoms with E-state index in [0.717, 1.165) is 6.07 Å². The number of hydrogen-bond donors (Lipinski definition) is 2. The van der Waals surface area contributed by atoms with Gasteiger partial charge in [-0.1, -0.05) is 0 Å². The highest BCUT2D eigenvalue weighted by Gasteiger charge is 2.49. The summed E-state index contributed by atoms with van der Waals surface area (Å²) in [5, 5.41) is 26.9. The SMILES string of the molecule is CC(O)C(C(O)c1c(F)c(F)c(C#N)c(F)c1F)C(F)(F)F. The maximum atomic E-state index is 13.6. The van der Waals surface area contributed by atoms with Gasteiger partial charge in [0.25, 0.3) is 0 Å². The molecule has 0 spiro atoms. The Kier molecular flexibility index (Phi) is 5.04. The summed E-state index contributed by atoms with van der Waals surface area (Å²) in [4.78, 5) is 0. The van der Waals surface area contributed by atoms with Gasteiger partial charge in [-0.25, -0.2) is 17.6 Å². The fraction of sp³-hybridized carbons (Fsp3) is 0.417. The highest BCUT2D eigenvalue weighted by atomic mass is 19.4. The molecule has 0 saturated heterocycles. The number of alkyl halides is 3. The fourth-order valence-corrected chi connectivity index (χ4v) is 1.90. The van der Waals surface area contributed by atoms with Crippen molar-refractivity contribution in [3.8, 4) is 6.07 Å². The fourth-order valence-electron chi connectivity index (χ4n) is 1.90. The lowest BCUT2D eigenvalue weighted by molar-refractivity contribution is -0.225. The number of nitriles is 1. The Hall–Kier alpha value is -1.86. The molecule has 0 aromatic heterocycles. The summed E-state index contributed by atoms with van der Waals surface area (Å²) in [6, 6.07) is 0.810. The van der Waals surface area contributed by atoms with Crippen LogP contribution in [0.3, 0.4) is 0 Å². The van der Waals surface area contributed by atoms with Gasteiger partial charge in [0.1, 0.15) is 17.6 Å². The molecular formula is C12H8F7NO2. The van der Waals surface area contributed by atoms with Crippen LogP contribution in [0.15, 0.2) is 0 Å². The van der Waals surface area contributed by atoms with Crippen molar-refractivity contribution in [2.45, 2.75) is 25.3 Å². The molecule has 0 heterocycles. The van der Waals surface area contributed by atoms with Crippen LogP contribution >= 0.6 is 0 Å². The maximum absolute atomic E-state index is 13.6. The molecule has 1 rings (SSSR count). The molecule has 3 nitrogen and oxygen atoms in total. The smallest absolute Gasteiger partial charge is 0.393 e. The van der Waals surface area contributed by atoms with E-state index in [4.69, 9.17) is 10.4 Å². The van der Waals surface area contributed by atoms with E-state index < -0.39 is 58.7 Å². The maximum Gasteiger partial charge on any atom is 0.397 e. The van der Waals surface area contributed by atoms with E-state index in [1.165, 1.54) is 0 Å². The number of rotatable bonds is 3. The topological polar surface area (TPSA) is 64.2 Å². The molecular weight excluding hydrogens is 323 g/mol. The number of benzene rings is 1. The van der Waals surface area contributed by atoms with E-state index in [1.54, 1.807) is 0 Å². The summed E-state index contributed by atoms with van der Waals surface area (Å²) < 4.78 is 92.1. The van der Waals surface area contributed by atoms with Gasteiger partial charge >= 0.3 is 6.18 Å². The number of hydrogen-bond acceptors (Lipinski definition) is 3. The van der Waals surface area contributed by atoms with Crippen molar-refractivity contribution in [2.75, 3.05) is 0 Å². The molecule has 1 aromatic rings. The largest absolute Gasteiger partial charge is 0.397 e. The van der Waals surface area contributed by atoms with Crippen molar-refractivity contribution in [3.05, 3.63) is 34.4 Å². The predicted molar refractivity (Wildman–Crippen MR) is 57.2 cm³/mol. The second-order valence-electron chi connectivity index (χ2n) is 4.41.